The second-order valence-corrected chi connectivity index (χ2v) is 17.2. The summed E-state index contributed by atoms with van der Waals surface area (Å²) in [6.45, 7) is 4.32. The van der Waals surface area contributed by atoms with Crippen molar-refractivity contribution < 1.29 is 43.9 Å². The minimum atomic E-state index is -4.78. The van der Waals surface area contributed by atoms with Crippen molar-refractivity contribution in [2.75, 3.05) is 0 Å². The topological polar surface area (TPSA) is 0 Å². The Morgan fingerprint density at radius 2 is 1.00 bits per heavy atom. The molecule has 0 nitrogen and oxygen atoms in total. The van der Waals surface area contributed by atoms with Crippen LogP contribution in [0.15, 0.2) is 54.6 Å². The number of hydrogen-bond donors (Lipinski definition) is 0. The molecule has 2 heterocycles. The first-order chi connectivity index (χ1) is 26.6. The van der Waals surface area contributed by atoms with Gasteiger partial charge in [0, 0.05) is 27.1 Å². The van der Waals surface area contributed by atoms with Gasteiger partial charge >= 0.3 is 12.4 Å². The third-order valence-electron chi connectivity index (χ3n) is 11.6. The summed E-state index contributed by atoms with van der Waals surface area (Å²) in [6.07, 6.45) is 3.86. The van der Waals surface area contributed by atoms with E-state index in [4.69, 9.17) is 0 Å². The number of rotatable bonds is 6. The molecule has 0 spiro atoms. The normalized spacial score (nSPS) is 19.5. The molecule has 8 rings (SSSR count). The molecule has 0 N–H and O–H groups in total. The van der Waals surface area contributed by atoms with Crippen molar-refractivity contribution in [3.8, 4) is 0 Å². The van der Waals surface area contributed by atoms with E-state index in [-0.39, 0.29) is 24.7 Å². The Hall–Kier alpha value is -3.64. The van der Waals surface area contributed by atoms with Gasteiger partial charge in [0.15, 0.2) is 11.6 Å². The van der Waals surface area contributed by atoms with Crippen LogP contribution in [0.5, 0.6) is 0 Å². The van der Waals surface area contributed by atoms with Crippen LogP contribution in [0.25, 0.3) is 45.9 Å². The second kappa shape index (κ2) is 16.0. The average Bonchev–Trinajstić information content (AvgIpc) is 3.74. The molecule has 0 aliphatic heterocycles. The summed E-state index contributed by atoms with van der Waals surface area (Å²) in [7, 11) is 0. The minimum Gasteiger partial charge on any atom is -0.205 e. The maximum Gasteiger partial charge on any atom is 0.419 e. The van der Waals surface area contributed by atoms with Crippen LogP contribution in [0.2, 0.25) is 0 Å². The van der Waals surface area contributed by atoms with Gasteiger partial charge in [0.25, 0.3) is 0 Å². The van der Waals surface area contributed by atoms with E-state index in [1.54, 1.807) is 24.3 Å². The zero-order chi connectivity index (χ0) is 40.1. The smallest absolute Gasteiger partial charge is 0.205 e. The maximum absolute atomic E-state index is 15.3. The zero-order valence-corrected chi connectivity index (χ0v) is 32.4. The fourth-order valence-corrected chi connectivity index (χ4v) is 11.0. The molecule has 298 valence electrons. The van der Waals surface area contributed by atoms with E-state index >= 15 is 8.78 Å². The van der Waals surface area contributed by atoms with Crippen LogP contribution in [-0.2, 0) is 12.4 Å². The van der Waals surface area contributed by atoms with E-state index in [2.05, 4.69) is 19.9 Å². The molecule has 2 aliphatic carbocycles. The van der Waals surface area contributed by atoms with Gasteiger partial charge in [-0.2, -0.15) is 26.3 Å². The number of hydrogen-bond acceptors (Lipinski definition) is 2. The summed E-state index contributed by atoms with van der Waals surface area (Å²) < 4.78 is 138. The Bertz CT molecular complexity index is 2420. The molecule has 4 aromatic carbocycles. The SMILES string of the molecule is CCCC1CC=C(c2ccc3c(sc4c(F)c(C(F)(F)F)ccc43)c2F)CC1.CCCC1CCC(c2ccc3c(sc4c(F)c(C(F)(F)F)ccc43)c2F)CC1. The van der Waals surface area contributed by atoms with Gasteiger partial charge < -0.3 is 0 Å². The number of alkyl halides is 6. The Balaban J connectivity index is 0.000000172. The highest BCUT2D eigenvalue weighted by atomic mass is 32.1. The molecular weight excluding hydrogens is 783 g/mol. The van der Waals surface area contributed by atoms with Crippen molar-refractivity contribution in [3.63, 3.8) is 0 Å². The lowest BCUT2D eigenvalue weighted by molar-refractivity contribution is -0.140. The monoisotopic (exact) mass is 822 g/mol. The van der Waals surface area contributed by atoms with E-state index in [1.165, 1.54) is 18.6 Å². The maximum atomic E-state index is 15.3. The van der Waals surface area contributed by atoms with Crippen molar-refractivity contribution in [3.05, 3.63) is 100 Å². The standard InChI is InChI=1S/C22H21F5S.C22H19F5S/c2*1-2-3-12-4-6-13(7-5-12)14-8-9-15-16-10-11-17(22(25,26)27)19(24)21(16)28-20(15)18(14)23/h8-13H,2-7H2,1H3;6,8-12H,2-5,7H2,1H3. The van der Waals surface area contributed by atoms with Gasteiger partial charge in [0.1, 0.15) is 11.6 Å². The van der Waals surface area contributed by atoms with E-state index in [0.29, 0.717) is 44.5 Å². The Morgan fingerprint density at radius 3 is 1.48 bits per heavy atom. The first kappa shape index (κ1) is 40.6. The van der Waals surface area contributed by atoms with Gasteiger partial charge in [0.05, 0.1) is 29.9 Å². The van der Waals surface area contributed by atoms with Crippen LogP contribution < -0.4 is 0 Å². The molecule has 1 fully saturated rings. The van der Waals surface area contributed by atoms with Crippen molar-refractivity contribution in [1.29, 1.82) is 0 Å². The first-order valence-electron chi connectivity index (χ1n) is 19.1. The number of allylic oxidation sites excluding steroid dienone is 2. The average molecular weight is 823 g/mol. The summed E-state index contributed by atoms with van der Waals surface area (Å²) in [5, 5.41) is 1.59. The molecular formula is C44H40F10S2. The molecule has 2 aromatic heterocycles. The third-order valence-corrected chi connectivity index (χ3v) is 14.0. The van der Waals surface area contributed by atoms with Gasteiger partial charge in [0.2, 0.25) is 0 Å². The van der Waals surface area contributed by atoms with E-state index < -0.39 is 46.7 Å². The van der Waals surface area contributed by atoms with Crippen LogP contribution in [0.4, 0.5) is 43.9 Å². The van der Waals surface area contributed by atoms with Crippen molar-refractivity contribution in [1.82, 2.24) is 0 Å². The number of benzene rings is 4. The van der Waals surface area contributed by atoms with Gasteiger partial charge in [-0.15, -0.1) is 22.7 Å². The van der Waals surface area contributed by atoms with E-state index in [9.17, 15) is 35.1 Å². The lowest BCUT2D eigenvalue weighted by atomic mass is 9.77. The Morgan fingerprint density at radius 1 is 0.536 bits per heavy atom. The lowest BCUT2D eigenvalue weighted by Gasteiger charge is -2.28. The zero-order valence-electron chi connectivity index (χ0n) is 30.8. The number of fused-ring (bicyclic) bond motifs is 6. The van der Waals surface area contributed by atoms with Gasteiger partial charge in [-0.05, 0) is 86.0 Å². The molecule has 0 radical (unpaired) electrons. The molecule has 1 saturated carbocycles. The highest BCUT2D eigenvalue weighted by molar-refractivity contribution is 7.26. The largest absolute Gasteiger partial charge is 0.419 e. The van der Waals surface area contributed by atoms with Crippen LogP contribution >= 0.6 is 22.7 Å². The van der Waals surface area contributed by atoms with Crippen molar-refractivity contribution in [2.45, 2.75) is 103 Å². The predicted molar refractivity (Wildman–Crippen MR) is 208 cm³/mol. The van der Waals surface area contributed by atoms with Crippen LogP contribution in [0.3, 0.4) is 0 Å². The minimum absolute atomic E-state index is 0.123. The molecule has 1 atom stereocenters. The summed E-state index contributed by atoms with van der Waals surface area (Å²) in [5.74, 6) is -2.05. The summed E-state index contributed by atoms with van der Waals surface area (Å²) >= 11 is 1.54. The summed E-state index contributed by atoms with van der Waals surface area (Å²) in [6, 6.07) is 10.8. The van der Waals surface area contributed by atoms with Crippen LogP contribution in [0.1, 0.15) is 113 Å². The van der Waals surface area contributed by atoms with Gasteiger partial charge in [-0.25, -0.2) is 17.6 Å². The Kier molecular flexibility index (Phi) is 11.6. The van der Waals surface area contributed by atoms with Crippen LogP contribution in [0, 0.1) is 35.1 Å². The quantitative estimate of drug-likeness (QED) is 0.147. The Labute approximate surface area is 326 Å². The van der Waals surface area contributed by atoms with Crippen molar-refractivity contribution in [2.24, 2.45) is 11.8 Å². The molecule has 0 amide bonds. The number of thiophene rings is 2. The molecule has 12 heteroatoms. The van der Waals surface area contributed by atoms with Crippen molar-refractivity contribution >= 4 is 68.6 Å². The van der Waals surface area contributed by atoms with Gasteiger partial charge in [-0.3, -0.25) is 0 Å². The van der Waals surface area contributed by atoms with Gasteiger partial charge in [-0.1, -0.05) is 82.0 Å². The summed E-state index contributed by atoms with van der Waals surface area (Å²) in [5.41, 5.74) is -0.595. The molecule has 56 heavy (non-hydrogen) atoms. The molecule has 2 aliphatic rings. The molecule has 1 unspecified atom stereocenters. The molecule has 6 aromatic rings. The van der Waals surface area contributed by atoms with Crippen LogP contribution in [-0.4, -0.2) is 0 Å². The highest BCUT2D eigenvalue weighted by Crippen LogP contribution is 2.46. The first-order valence-corrected chi connectivity index (χ1v) is 20.8. The van der Waals surface area contributed by atoms with E-state index in [0.717, 1.165) is 105 Å². The number of halogens is 10. The lowest BCUT2D eigenvalue weighted by Crippen LogP contribution is -2.14. The fraction of sp³-hybridized carbons (Fsp3) is 0.409. The van der Waals surface area contributed by atoms with E-state index in [1.807, 2.05) is 0 Å². The predicted octanol–water partition coefficient (Wildman–Crippen LogP) is 16.8. The fourth-order valence-electron chi connectivity index (χ4n) is 8.67. The molecule has 0 bridgehead atoms. The third kappa shape index (κ3) is 7.68. The second-order valence-electron chi connectivity index (χ2n) is 15.1. The molecule has 0 saturated heterocycles. The highest BCUT2D eigenvalue weighted by Gasteiger charge is 2.37. The summed E-state index contributed by atoms with van der Waals surface area (Å²) in [4.78, 5) is 0.